The number of primary amides is 1. The van der Waals surface area contributed by atoms with Crippen LogP contribution < -0.4 is 5.73 Å². The summed E-state index contributed by atoms with van der Waals surface area (Å²) in [6.07, 6.45) is 8.29. The van der Waals surface area contributed by atoms with E-state index in [-0.39, 0.29) is 39.1 Å². The number of amides is 1. The van der Waals surface area contributed by atoms with Crippen molar-refractivity contribution in [1.29, 1.82) is 0 Å². The van der Waals surface area contributed by atoms with E-state index in [0.29, 0.717) is 43.3 Å². The highest BCUT2D eigenvalue weighted by Gasteiger charge is 2.28. The third-order valence-corrected chi connectivity index (χ3v) is 9.87. The third kappa shape index (κ3) is 15.5. The maximum absolute atomic E-state index is 12.2. The Kier molecular flexibility index (Phi) is 17.0. The Morgan fingerprint density at radius 1 is 0.526 bits per heavy atom. The van der Waals surface area contributed by atoms with Crippen molar-refractivity contribution in [2.75, 3.05) is 0 Å². The second-order valence-corrected chi connectivity index (χ2v) is 19.2. The first kappa shape index (κ1) is 48.3. The molecule has 3 aromatic rings. The minimum Gasteiger partial charge on any atom is -0.507 e. The Balaban J connectivity index is 0.000000872. The molecule has 3 rings (SSSR count). The van der Waals surface area contributed by atoms with Crippen molar-refractivity contribution >= 4 is 30.0 Å². The molecular formula is C49H69NO7. The van der Waals surface area contributed by atoms with Gasteiger partial charge in [0, 0.05) is 39.8 Å². The lowest BCUT2D eigenvalue weighted by atomic mass is 9.78. The average molecular weight is 784 g/mol. The predicted molar refractivity (Wildman–Crippen MR) is 234 cm³/mol. The number of carboxylic acids is 2. The van der Waals surface area contributed by atoms with Crippen LogP contribution in [0.4, 0.5) is 0 Å². The molecule has 0 fully saturated rings. The van der Waals surface area contributed by atoms with E-state index in [0.717, 1.165) is 58.2 Å². The predicted octanol–water partition coefficient (Wildman–Crippen LogP) is 11.4. The van der Waals surface area contributed by atoms with E-state index in [1.54, 1.807) is 12.2 Å². The first-order valence-electron chi connectivity index (χ1n) is 20.1. The summed E-state index contributed by atoms with van der Waals surface area (Å²) in [6, 6.07) is 17.4. The average Bonchev–Trinajstić information content (AvgIpc) is 3.07. The minimum absolute atomic E-state index is 0.242. The molecular weight excluding hydrogens is 715 g/mol. The molecule has 8 nitrogen and oxygen atoms in total. The fourth-order valence-corrected chi connectivity index (χ4v) is 6.55. The number of carboxylic acid groups (broad SMARTS) is 2. The molecule has 8 heteroatoms. The standard InChI is InChI=1S/C40H58O6.C9H11NO/c1-37(2,3)29-21-25(22-30(33(29)41)38(4,5)6)19-27(35(43)44)17-15-13-14-16-18-28(36(45)46)20-26-23-31(39(7,8)9)34(42)32(24-26)40(10,11)12;10-9(11)7-6-8-4-2-1-3-5-8/h19-24,41-42H,13-18H2,1-12H3,(H,43,44)(H,45,46);1-5H,6-7H2,(H2,10,11). The fourth-order valence-electron chi connectivity index (χ4n) is 6.55. The highest BCUT2D eigenvalue weighted by molar-refractivity contribution is 5.93. The van der Waals surface area contributed by atoms with Gasteiger partial charge < -0.3 is 26.2 Å². The molecule has 0 aliphatic heterocycles. The maximum Gasteiger partial charge on any atom is 0.331 e. The monoisotopic (exact) mass is 784 g/mol. The Hall–Kier alpha value is -4.85. The van der Waals surface area contributed by atoms with Gasteiger partial charge in [-0.05, 0) is 107 Å². The van der Waals surface area contributed by atoms with Gasteiger partial charge >= 0.3 is 11.9 Å². The van der Waals surface area contributed by atoms with E-state index in [2.05, 4.69) is 0 Å². The number of carbonyl (C=O) groups is 3. The van der Waals surface area contributed by atoms with Gasteiger partial charge in [0.25, 0.3) is 0 Å². The van der Waals surface area contributed by atoms with E-state index < -0.39 is 11.9 Å². The van der Waals surface area contributed by atoms with Crippen LogP contribution in [0, 0.1) is 0 Å². The number of phenolic OH excluding ortho intramolecular Hbond substituents is 2. The number of hydrogen-bond acceptors (Lipinski definition) is 5. The van der Waals surface area contributed by atoms with Crippen LogP contribution in [-0.4, -0.2) is 38.3 Å². The molecule has 0 saturated heterocycles. The summed E-state index contributed by atoms with van der Waals surface area (Å²) >= 11 is 0. The van der Waals surface area contributed by atoms with Crippen LogP contribution in [0.15, 0.2) is 65.7 Å². The number of unbranched alkanes of at least 4 members (excludes halogenated alkanes) is 3. The molecule has 1 amide bonds. The topological polar surface area (TPSA) is 158 Å². The first-order chi connectivity index (χ1) is 26.1. The second-order valence-electron chi connectivity index (χ2n) is 19.2. The Morgan fingerprint density at radius 3 is 1.11 bits per heavy atom. The molecule has 6 N–H and O–H groups in total. The highest BCUT2D eigenvalue weighted by atomic mass is 16.4. The minimum atomic E-state index is -0.961. The van der Waals surface area contributed by atoms with Crippen LogP contribution >= 0.6 is 0 Å². The van der Waals surface area contributed by atoms with E-state index in [1.807, 2.05) is 138 Å². The van der Waals surface area contributed by atoms with Gasteiger partial charge in [0.05, 0.1) is 0 Å². The Morgan fingerprint density at radius 2 is 0.842 bits per heavy atom. The zero-order chi connectivity index (χ0) is 43.5. The summed E-state index contributed by atoms with van der Waals surface area (Å²) in [7, 11) is 0. The molecule has 0 spiro atoms. The molecule has 0 bridgehead atoms. The molecule has 0 aliphatic carbocycles. The van der Waals surface area contributed by atoms with Crippen molar-refractivity contribution in [2.45, 2.75) is 156 Å². The van der Waals surface area contributed by atoms with Gasteiger partial charge in [0.1, 0.15) is 11.5 Å². The van der Waals surface area contributed by atoms with Gasteiger partial charge in [-0.3, -0.25) is 4.79 Å². The lowest BCUT2D eigenvalue weighted by Gasteiger charge is -2.28. The van der Waals surface area contributed by atoms with Crippen LogP contribution in [0.5, 0.6) is 11.5 Å². The normalized spacial score (nSPS) is 12.8. The Bertz CT molecular complexity index is 1720. The van der Waals surface area contributed by atoms with Crippen molar-refractivity contribution in [3.63, 3.8) is 0 Å². The number of hydrogen-bond donors (Lipinski definition) is 5. The molecule has 0 unspecified atom stereocenters. The van der Waals surface area contributed by atoms with Gasteiger partial charge in [-0.2, -0.15) is 0 Å². The van der Waals surface area contributed by atoms with E-state index in [1.165, 1.54) is 0 Å². The zero-order valence-electron chi connectivity index (χ0n) is 36.6. The summed E-state index contributed by atoms with van der Waals surface area (Å²) in [5, 5.41) is 42.0. The molecule has 0 aromatic heterocycles. The molecule has 0 aliphatic rings. The smallest absolute Gasteiger partial charge is 0.331 e. The number of phenols is 2. The lowest BCUT2D eigenvalue weighted by Crippen LogP contribution is -2.17. The Labute approximate surface area is 341 Å². The molecule has 0 radical (unpaired) electrons. The van der Waals surface area contributed by atoms with Crippen LogP contribution in [0.1, 0.15) is 167 Å². The van der Waals surface area contributed by atoms with E-state index in [9.17, 15) is 34.8 Å². The quantitative estimate of drug-likeness (QED) is 0.0804. The van der Waals surface area contributed by atoms with Gasteiger partial charge in [-0.15, -0.1) is 0 Å². The molecule has 0 saturated carbocycles. The summed E-state index contributed by atoms with van der Waals surface area (Å²) < 4.78 is 0. The number of aliphatic carboxylic acids is 2. The second kappa shape index (κ2) is 20.0. The number of aryl methyl sites for hydroxylation is 1. The third-order valence-electron chi connectivity index (χ3n) is 9.87. The SMILES string of the molecule is CC(C)(C)c1cc(C=C(CCCCCCC(=Cc2cc(C(C)(C)C)c(O)c(C(C)(C)C)c2)C(=O)O)C(=O)O)cc(C(C)(C)C)c1O.NC(=O)CCc1ccccc1. The van der Waals surface area contributed by atoms with Crippen molar-refractivity contribution < 1.29 is 34.8 Å². The lowest BCUT2D eigenvalue weighted by molar-refractivity contribution is -0.133. The van der Waals surface area contributed by atoms with Gasteiger partial charge in [-0.25, -0.2) is 9.59 Å². The van der Waals surface area contributed by atoms with Crippen molar-refractivity contribution in [3.05, 3.63) is 105 Å². The molecule has 312 valence electrons. The summed E-state index contributed by atoms with van der Waals surface area (Å²) in [5.74, 6) is -1.64. The van der Waals surface area contributed by atoms with E-state index in [4.69, 9.17) is 5.73 Å². The number of nitrogens with two attached hydrogens (primary N) is 1. The highest BCUT2D eigenvalue weighted by Crippen LogP contribution is 2.42. The van der Waals surface area contributed by atoms with Crippen molar-refractivity contribution in [2.24, 2.45) is 5.73 Å². The van der Waals surface area contributed by atoms with Crippen LogP contribution in [-0.2, 0) is 42.5 Å². The zero-order valence-corrected chi connectivity index (χ0v) is 36.6. The summed E-state index contributed by atoms with van der Waals surface area (Å²) in [4.78, 5) is 34.8. The van der Waals surface area contributed by atoms with Crippen LogP contribution in [0.3, 0.4) is 0 Å². The number of aromatic hydroxyl groups is 2. The number of benzene rings is 3. The molecule has 0 heterocycles. The first-order valence-corrected chi connectivity index (χ1v) is 20.1. The van der Waals surface area contributed by atoms with Gasteiger partial charge in [-0.1, -0.05) is 126 Å². The molecule has 57 heavy (non-hydrogen) atoms. The maximum atomic E-state index is 12.2. The number of rotatable bonds is 14. The van der Waals surface area contributed by atoms with Crippen molar-refractivity contribution in [3.8, 4) is 11.5 Å². The fraction of sp³-hybridized carbons (Fsp3) is 0.490. The number of carbonyl (C=O) groups excluding carboxylic acids is 1. The van der Waals surface area contributed by atoms with E-state index >= 15 is 0 Å². The molecule has 3 aromatic carbocycles. The van der Waals surface area contributed by atoms with Gasteiger partial charge in [0.2, 0.25) is 5.91 Å². The summed E-state index contributed by atoms with van der Waals surface area (Å²) in [5.41, 5.74) is 10.2. The van der Waals surface area contributed by atoms with Crippen LogP contribution in [0.2, 0.25) is 0 Å². The van der Waals surface area contributed by atoms with Crippen molar-refractivity contribution in [1.82, 2.24) is 0 Å². The van der Waals surface area contributed by atoms with Gasteiger partial charge in [0.15, 0.2) is 0 Å². The summed E-state index contributed by atoms with van der Waals surface area (Å²) in [6.45, 7) is 24.4. The largest absolute Gasteiger partial charge is 0.507 e. The van der Waals surface area contributed by atoms with Crippen LogP contribution in [0.25, 0.3) is 12.2 Å². The molecule has 0 atom stereocenters.